The number of hydrogen-bond acceptors (Lipinski definition) is 2. The van der Waals surface area contributed by atoms with Crippen molar-refractivity contribution in [3.63, 3.8) is 0 Å². The minimum absolute atomic E-state index is 0.0211. The van der Waals surface area contributed by atoms with E-state index in [9.17, 15) is 0 Å². The molecule has 3 heteroatoms. The summed E-state index contributed by atoms with van der Waals surface area (Å²) in [5.74, 6) is 2.02. The van der Waals surface area contributed by atoms with Gasteiger partial charge in [-0.2, -0.15) is 5.10 Å². The molecule has 2 aliphatic rings. The minimum atomic E-state index is -0.0211. The number of benzene rings is 2. The fourth-order valence-electron chi connectivity index (χ4n) is 7.04. The highest BCUT2D eigenvalue weighted by Gasteiger charge is 2.28. The SMILES string of the molecule is C=C(C1CCCCC1)N(CC1CCC(c2ccc(CC)c(C)c2)CC1)c1cccc(-c2cnn(C(C)(C)C)c2)c1.C=CC. The second kappa shape index (κ2) is 15.1. The Morgan fingerprint density at radius 2 is 1.67 bits per heavy atom. The van der Waals surface area contributed by atoms with Crippen molar-refractivity contribution in [3.8, 4) is 11.1 Å². The lowest BCUT2D eigenvalue weighted by Gasteiger charge is -2.38. The van der Waals surface area contributed by atoms with Gasteiger partial charge in [-0.15, -0.1) is 6.58 Å². The molecule has 0 saturated heterocycles. The molecule has 0 atom stereocenters. The lowest BCUT2D eigenvalue weighted by molar-refractivity contribution is 0.323. The Hall–Kier alpha value is -3.07. The molecule has 0 unspecified atom stereocenters. The fraction of sp³-hybridized carbons (Fsp3) is 0.525. The van der Waals surface area contributed by atoms with E-state index >= 15 is 0 Å². The molecule has 0 aliphatic heterocycles. The van der Waals surface area contributed by atoms with Gasteiger partial charge in [-0.05, 0) is 132 Å². The zero-order valence-electron chi connectivity index (χ0n) is 28.0. The summed E-state index contributed by atoms with van der Waals surface area (Å²) in [7, 11) is 0. The first-order valence-electron chi connectivity index (χ1n) is 16.9. The minimum Gasteiger partial charge on any atom is -0.345 e. The van der Waals surface area contributed by atoms with Crippen LogP contribution in [0.3, 0.4) is 0 Å². The van der Waals surface area contributed by atoms with E-state index < -0.39 is 0 Å². The molecule has 0 amide bonds. The van der Waals surface area contributed by atoms with E-state index in [0.717, 1.165) is 13.0 Å². The van der Waals surface area contributed by atoms with Crippen LogP contribution in [0.4, 0.5) is 5.69 Å². The maximum absolute atomic E-state index is 4.76. The molecule has 232 valence electrons. The summed E-state index contributed by atoms with van der Waals surface area (Å²) in [5, 5.41) is 4.67. The quantitative estimate of drug-likeness (QED) is 0.247. The number of rotatable bonds is 8. The molecular formula is C40H57N3. The van der Waals surface area contributed by atoms with Gasteiger partial charge in [0.2, 0.25) is 0 Å². The van der Waals surface area contributed by atoms with Gasteiger partial charge < -0.3 is 4.90 Å². The van der Waals surface area contributed by atoms with Crippen molar-refractivity contribution >= 4 is 5.69 Å². The van der Waals surface area contributed by atoms with Gasteiger partial charge in [0.1, 0.15) is 0 Å². The maximum atomic E-state index is 4.76. The van der Waals surface area contributed by atoms with E-state index in [-0.39, 0.29) is 5.54 Å². The average Bonchev–Trinajstić information content (AvgIpc) is 3.52. The number of anilines is 1. The highest BCUT2D eigenvalue weighted by atomic mass is 15.3. The van der Waals surface area contributed by atoms with E-state index in [2.05, 4.69) is 105 Å². The Kier molecular flexibility index (Phi) is 11.5. The molecule has 2 aromatic carbocycles. The molecule has 0 bridgehead atoms. The molecule has 2 aliphatic carbocycles. The normalized spacial score (nSPS) is 19.3. The molecule has 0 spiro atoms. The summed E-state index contributed by atoms with van der Waals surface area (Å²) in [5.41, 5.74) is 9.55. The summed E-state index contributed by atoms with van der Waals surface area (Å²) < 4.78 is 2.07. The molecule has 0 radical (unpaired) electrons. The summed E-state index contributed by atoms with van der Waals surface area (Å²) in [6.07, 6.45) is 18.9. The van der Waals surface area contributed by atoms with E-state index in [1.54, 1.807) is 11.6 Å². The first-order chi connectivity index (χ1) is 20.6. The van der Waals surface area contributed by atoms with Crippen molar-refractivity contribution in [2.24, 2.45) is 11.8 Å². The number of aromatic nitrogens is 2. The standard InChI is InChI=1S/C37H51N3.C3H6/c1-7-30-20-21-34(22-27(30)2)32-18-16-29(17-19-32)25-39(28(3)31-12-9-8-10-13-31)36-15-11-14-33(23-36)35-24-38-40(26-35)37(4,5)6;1-3-2/h11,14-15,20-24,26,29,31-32H,3,7-10,12-13,16-19,25H2,1-2,4-6H3;3H,1H2,2H3. The number of allylic oxidation sites excluding steroid dienone is 2. The van der Waals surface area contributed by atoms with Gasteiger partial charge in [0, 0.05) is 29.7 Å². The molecule has 5 rings (SSSR count). The largest absolute Gasteiger partial charge is 0.345 e. The molecule has 3 aromatic rings. The van der Waals surface area contributed by atoms with Crippen LogP contribution >= 0.6 is 0 Å². The summed E-state index contributed by atoms with van der Waals surface area (Å²) in [6, 6.07) is 16.4. The predicted molar refractivity (Wildman–Crippen MR) is 187 cm³/mol. The number of hydrogen-bond donors (Lipinski definition) is 0. The number of nitrogens with zero attached hydrogens (tertiary/aromatic N) is 3. The van der Waals surface area contributed by atoms with Gasteiger partial charge in [-0.3, -0.25) is 4.68 Å². The van der Waals surface area contributed by atoms with Crippen molar-refractivity contribution in [1.29, 1.82) is 0 Å². The zero-order valence-corrected chi connectivity index (χ0v) is 28.0. The van der Waals surface area contributed by atoms with Crippen LogP contribution < -0.4 is 4.90 Å². The van der Waals surface area contributed by atoms with Gasteiger partial charge in [-0.1, -0.05) is 69.2 Å². The Labute approximate surface area is 263 Å². The van der Waals surface area contributed by atoms with Crippen LogP contribution in [0.2, 0.25) is 0 Å². The van der Waals surface area contributed by atoms with Crippen LogP contribution in [0.1, 0.15) is 115 Å². The summed E-state index contributed by atoms with van der Waals surface area (Å²) in [4.78, 5) is 2.61. The van der Waals surface area contributed by atoms with E-state index in [1.807, 2.05) is 13.1 Å². The number of aryl methyl sites for hydroxylation is 2. The van der Waals surface area contributed by atoms with E-state index in [0.29, 0.717) is 17.8 Å². The third kappa shape index (κ3) is 8.52. The topological polar surface area (TPSA) is 21.1 Å². The van der Waals surface area contributed by atoms with Crippen molar-refractivity contribution in [2.45, 2.75) is 117 Å². The molecule has 3 nitrogen and oxygen atoms in total. The van der Waals surface area contributed by atoms with Gasteiger partial charge in [0.15, 0.2) is 0 Å². The van der Waals surface area contributed by atoms with Crippen molar-refractivity contribution < 1.29 is 0 Å². The molecule has 2 fully saturated rings. The summed E-state index contributed by atoms with van der Waals surface area (Å²) in [6.45, 7) is 22.2. The first kappa shape index (κ1) is 32.8. The van der Waals surface area contributed by atoms with Crippen LogP contribution in [0, 0.1) is 18.8 Å². The molecular weight excluding hydrogens is 522 g/mol. The van der Waals surface area contributed by atoms with Gasteiger partial charge in [0.05, 0.1) is 11.7 Å². The highest BCUT2D eigenvalue weighted by Crippen LogP contribution is 2.40. The van der Waals surface area contributed by atoms with E-state index in [4.69, 9.17) is 6.58 Å². The van der Waals surface area contributed by atoms with Crippen molar-refractivity contribution in [2.75, 3.05) is 11.4 Å². The van der Waals surface area contributed by atoms with Crippen molar-refractivity contribution in [1.82, 2.24) is 9.78 Å². The molecule has 0 N–H and O–H groups in total. The van der Waals surface area contributed by atoms with Gasteiger partial charge in [0.25, 0.3) is 0 Å². The fourth-order valence-corrected chi connectivity index (χ4v) is 7.04. The predicted octanol–water partition coefficient (Wildman–Crippen LogP) is 11.2. The van der Waals surface area contributed by atoms with Gasteiger partial charge >= 0.3 is 0 Å². The van der Waals surface area contributed by atoms with Gasteiger partial charge in [-0.25, -0.2) is 0 Å². The monoisotopic (exact) mass is 579 g/mol. The Bertz CT molecular complexity index is 1330. The Balaban J connectivity index is 0.00000135. The van der Waals surface area contributed by atoms with Crippen LogP contribution in [0.15, 0.2) is 79.8 Å². The Morgan fingerprint density at radius 3 is 2.28 bits per heavy atom. The van der Waals surface area contributed by atoms with Crippen LogP contribution in [0.5, 0.6) is 0 Å². The molecule has 1 aromatic heterocycles. The molecule has 43 heavy (non-hydrogen) atoms. The van der Waals surface area contributed by atoms with Crippen LogP contribution in [-0.2, 0) is 12.0 Å². The average molecular weight is 580 g/mol. The first-order valence-corrected chi connectivity index (χ1v) is 16.9. The second-order valence-corrected chi connectivity index (χ2v) is 14.0. The second-order valence-electron chi connectivity index (χ2n) is 14.0. The van der Waals surface area contributed by atoms with Crippen molar-refractivity contribution in [3.05, 3.63) is 96.5 Å². The molecule has 2 saturated carbocycles. The third-order valence-electron chi connectivity index (χ3n) is 9.69. The third-order valence-corrected chi connectivity index (χ3v) is 9.69. The molecule has 1 heterocycles. The van der Waals surface area contributed by atoms with Crippen LogP contribution in [-0.4, -0.2) is 16.3 Å². The lowest BCUT2D eigenvalue weighted by Crippen LogP contribution is -2.33. The van der Waals surface area contributed by atoms with E-state index in [1.165, 1.54) is 91.4 Å². The highest BCUT2D eigenvalue weighted by molar-refractivity contribution is 5.68. The maximum Gasteiger partial charge on any atom is 0.0568 e. The lowest BCUT2D eigenvalue weighted by atomic mass is 9.77. The Morgan fingerprint density at radius 1 is 0.977 bits per heavy atom. The smallest absolute Gasteiger partial charge is 0.0568 e. The summed E-state index contributed by atoms with van der Waals surface area (Å²) >= 11 is 0. The van der Waals surface area contributed by atoms with Crippen LogP contribution in [0.25, 0.3) is 11.1 Å². The zero-order chi connectivity index (χ0) is 31.0.